The highest BCUT2D eigenvalue weighted by molar-refractivity contribution is 5.06. The van der Waals surface area contributed by atoms with Gasteiger partial charge in [-0.2, -0.15) is 0 Å². The molecule has 2 unspecified atom stereocenters. The van der Waals surface area contributed by atoms with Crippen LogP contribution in [0.3, 0.4) is 0 Å². The van der Waals surface area contributed by atoms with Gasteiger partial charge in [-0.25, -0.2) is 0 Å². The molecule has 2 aliphatic heterocycles. The molecule has 90 valence electrons. The molecule has 0 radical (unpaired) electrons. The molecule has 0 amide bonds. The van der Waals surface area contributed by atoms with Crippen LogP contribution in [0.5, 0.6) is 0 Å². The Bertz CT molecular complexity index is 242. The molecule has 3 nitrogen and oxygen atoms in total. The monoisotopic (exact) mass is 224 g/mol. The maximum atomic E-state index is 5.52. The van der Waals surface area contributed by atoms with E-state index in [4.69, 9.17) is 14.2 Å². The van der Waals surface area contributed by atoms with Crippen molar-refractivity contribution in [2.24, 2.45) is 0 Å². The van der Waals surface area contributed by atoms with Gasteiger partial charge in [-0.1, -0.05) is 11.8 Å². The zero-order valence-corrected chi connectivity index (χ0v) is 9.74. The molecule has 0 aromatic heterocycles. The smallest absolute Gasteiger partial charge is 0.158 e. The quantitative estimate of drug-likeness (QED) is 0.672. The van der Waals surface area contributed by atoms with E-state index < -0.39 is 0 Å². The van der Waals surface area contributed by atoms with Gasteiger partial charge < -0.3 is 14.2 Å². The van der Waals surface area contributed by atoms with Gasteiger partial charge >= 0.3 is 0 Å². The minimum Gasteiger partial charge on any atom is -0.366 e. The Labute approximate surface area is 97.4 Å². The first kappa shape index (κ1) is 11.9. The fourth-order valence-corrected chi connectivity index (χ4v) is 1.99. The van der Waals surface area contributed by atoms with Gasteiger partial charge in [0.1, 0.15) is 12.7 Å². The molecular weight excluding hydrogens is 204 g/mol. The summed E-state index contributed by atoms with van der Waals surface area (Å²) in [5.41, 5.74) is 0. The summed E-state index contributed by atoms with van der Waals surface area (Å²) in [7, 11) is 0. The number of hydrogen-bond donors (Lipinski definition) is 0. The van der Waals surface area contributed by atoms with Crippen molar-refractivity contribution in [3.8, 4) is 11.8 Å². The van der Waals surface area contributed by atoms with Gasteiger partial charge in [-0.3, -0.25) is 0 Å². The molecule has 0 saturated carbocycles. The number of hydrogen-bond acceptors (Lipinski definition) is 3. The van der Waals surface area contributed by atoms with E-state index in [1.807, 2.05) is 0 Å². The highest BCUT2D eigenvalue weighted by Gasteiger charge is 2.13. The van der Waals surface area contributed by atoms with E-state index in [1.165, 1.54) is 19.3 Å². The molecule has 2 saturated heterocycles. The average molecular weight is 224 g/mol. The van der Waals surface area contributed by atoms with Gasteiger partial charge in [0.15, 0.2) is 6.29 Å². The lowest BCUT2D eigenvalue weighted by atomic mass is 10.1. The normalized spacial score (nSPS) is 30.5. The molecule has 0 spiro atoms. The van der Waals surface area contributed by atoms with Gasteiger partial charge in [0.25, 0.3) is 0 Å². The summed E-state index contributed by atoms with van der Waals surface area (Å²) < 4.78 is 16.5. The summed E-state index contributed by atoms with van der Waals surface area (Å²) in [5.74, 6) is 6.13. The summed E-state index contributed by atoms with van der Waals surface area (Å²) >= 11 is 0. The molecule has 0 bridgehead atoms. The second kappa shape index (κ2) is 6.90. The maximum Gasteiger partial charge on any atom is 0.158 e. The molecular formula is C13H20O3. The van der Waals surface area contributed by atoms with Crippen LogP contribution >= 0.6 is 0 Å². The van der Waals surface area contributed by atoms with Crippen LogP contribution in [-0.2, 0) is 14.2 Å². The lowest BCUT2D eigenvalue weighted by Crippen LogP contribution is -2.22. The van der Waals surface area contributed by atoms with Gasteiger partial charge in [0.05, 0.1) is 0 Å². The van der Waals surface area contributed by atoms with Gasteiger partial charge in [-0.05, 0) is 38.5 Å². The van der Waals surface area contributed by atoms with Crippen molar-refractivity contribution in [1.82, 2.24) is 0 Å². The van der Waals surface area contributed by atoms with Crippen LogP contribution in [0, 0.1) is 11.8 Å². The third kappa shape index (κ3) is 4.13. The number of ether oxygens (including phenoxy) is 3. The first-order valence-electron chi connectivity index (χ1n) is 6.28. The van der Waals surface area contributed by atoms with Crippen molar-refractivity contribution >= 4 is 0 Å². The van der Waals surface area contributed by atoms with Crippen LogP contribution in [0.15, 0.2) is 0 Å². The van der Waals surface area contributed by atoms with Crippen LogP contribution in [0.2, 0.25) is 0 Å². The fraction of sp³-hybridized carbons (Fsp3) is 0.846. The Morgan fingerprint density at radius 3 is 2.50 bits per heavy atom. The zero-order chi connectivity index (χ0) is 11.1. The van der Waals surface area contributed by atoms with Crippen molar-refractivity contribution in [2.45, 2.75) is 50.9 Å². The van der Waals surface area contributed by atoms with Crippen LogP contribution in [0.4, 0.5) is 0 Å². The predicted molar refractivity (Wildman–Crippen MR) is 60.9 cm³/mol. The van der Waals surface area contributed by atoms with E-state index in [1.54, 1.807) is 0 Å². The average Bonchev–Trinajstić information content (AvgIpc) is 2.37. The van der Waals surface area contributed by atoms with Crippen LogP contribution in [0.1, 0.15) is 38.5 Å². The first-order valence-corrected chi connectivity index (χ1v) is 6.28. The summed E-state index contributed by atoms with van der Waals surface area (Å²) in [6.45, 7) is 2.14. The lowest BCUT2D eigenvalue weighted by molar-refractivity contribution is -0.154. The van der Waals surface area contributed by atoms with Gasteiger partial charge in [0.2, 0.25) is 0 Å². The van der Waals surface area contributed by atoms with Gasteiger partial charge in [0, 0.05) is 13.2 Å². The Morgan fingerprint density at radius 1 is 1.00 bits per heavy atom. The van der Waals surface area contributed by atoms with Crippen LogP contribution in [0.25, 0.3) is 0 Å². The lowest BCUT2D eigenvalue weighted by Gasteiger charge is -2.21. The Hall–Kier alpha value is -0.560. The molecule has 16 heavy (non-hydrogen) atoms. The molecule has 3 heteroatoms. The second-order valence-electron chi connectivity index (χ2n) is 4.28. The molecule has 2 aliphatic rings. The van der Waals surface area contributed by atoms with E-state index in [-0.39, 0.29) is 12.4 Å². The first-order chi connectivity index (χ1) is 7.95. The predicted octanol–water partition coefficient (Wildman–Crippen LogP) is 2.10. The van der Waals surface area contributed by atoms with E-state index >= 15 is 0 Å². The van der Waals surface area contributed by atoms with E-state index in [0.717, 1.165) is 32.5 Å². The zero-order valence-electron chi connectivity index (χ0n) is 9.74. The summed E-state index contributed by atoms with van der Waals surface area (Å²) in [6, 6.07) is 0. The van der Waals surface area contributed by atoms with E-state index in [2.05, 4.69) is 11.8 Å². The summed E-state index contributed by atoms with van der Waals surface area (Å²) in [4.78, 5) is 0. The minimum absolute atomic E-state index is 0.0321. The second-order valence-corrected chi connectivity index (χ2v) is 4.28. The van der Waals surface area contributed by atoms with Crippen molar-refractivity contribution < 1.29 is 14.2 Å². The van der Waals surface area contributed by atoms with Crippen LogP contribution < -0.4 is 0 Å². The molecule has 2 rings (SSSR count). The minimum atomic E-state index is -0.0321. The SMILES string of the molecule is C(#CC1CCCCO1)COC1CCCCO1. The molecule has 2 atom stereocenters. The molecule has 0 N–H and O–H groups in total. The van der Waals surface area contributed by atoms with E-state index in [0.29, 0.717) is 6.61 Å². The van der Waals surface area contributed by atoms with Crippen LogP contribution in [-0.4, -0.2) is 32.2 Å². The summed E-state index contributed by atoms with van der Waals surface area (Å²) in [5, 5.41) is 0. The van der Waals surface area contributed by atoms with Crippen molar-refractivity contribution in [3.05, 3.63) is 0 Å². The maximum absolute atomic E-state index is 5.52. The third-order valence-electron chi connectivity index (χ3n) is 2.92. The van der Waals surface area contributed by atoms with Crippen molar-refractivity contribution in [3.63, 3.8) is 0 Å². The Kier molecular flexibility index (Phi) is 5.14. The molecule has 0 aromatic carbocycles. The molecule has 2 fully saturated rings. The van der Waals surface area contributed by atoms with E-state index in [9.17, 15) is 0 Å². The topological polar surface area (TPSA) is 27.7 Å². The standard InChI is InChI=1S/C13H20O3/c1-3-9-14-12(6-1)7-5-11-16-13-8-2-4-10-15-13/h12-13H,1-4,6,8-11H2. The number of rotatable bonds is 2. The van der Waals surface area contributed by atoms with Crippen molar-refractivity contribution in [1.29, 1.82) is 0 Å². The Morgan fingerprint density at radius 2 is 1.81 bits per heavy atom. The highest BCUT2D eigenvalue weighted by atomic mass is 16.7. The largest absolute Gasteiger partial charge is 0.366 e. The van der Waals surface area contributed by atoms with Gasteiger partial charge in [-0.15, -0.1) is 0 Å². The summed E-state index contributed by atoms with van der Waals surface area (Å²) in [6.07, 6.45) is 6.91. The third-order valence-corrected chi connectivity index (χ3v) is 2.92. The molecule has 2 heterocycles. The fourth-order valence-electron chi connectivity index (χ4n) is 1.99. The highest BCUT2D eigenvalue weighted by Crippen LogP contribution is 2.13. The Balaban J connectivity index is 1.60. The van der Waals surface area contributed by atoms with Crippen molar-refractivity contribution in [2.75, 3.05) is 19.8 Å². The molecule has 0 aromatic rings. The molecule has 0 aliphatic carbocycles.